The van der Waals surface area contributed by atoms with Crippen LogP contribution in [0.4, 0.5) is 0 Å². The van der Waals surface area contributed by atoms with Gasteiger partial charge >= 0.3 is 0 Å². The Labute approximate surface area is 68.6 Å². The van der Waals surface area contributed by atoms with Crippen LogP contribution in [0.3, 0.4) is 0 Å². The fourth-order valence-electron chi connectivity index (χ4n) is 0.929. The first-order valence-electron chi connectivity index (χ1n) is 3.93. The summed E-state index contributed by atoms with van der Waals surface area (Å²) >= 11 is 0. The molecular formula is C11H13. The summed E-state index contributed by atoms with van der Waals surface area (Å²) in [6, 6.07) is 10.4. The Morgan fingerprint density at radius 3 is 2.55 bits per heavy atom. The van der Waals surface area contributed by atoms with Crippen molar-refractivity contribution in [3.05, 3.63) is 54.5 Å². The average molecular weight is 145 g/mol. The normalized spacial score (nSPS) is 10.6. The highest BCUT2D eigenvalue weighted by atomic mass is 13.9. The van der Waals surface area contributed by atoms with Crippen LogP contribution in [-0.4, -0.2) is 0 Å². The largest absolute Gasteiger partial charge is 0.0916 e. The first-order valence-corrected chi connectivity index (χ1v) is 3.93. The van der Waals surface area contributed by atoms with E-state index in [1.165, 1.54) is 5.56 Å². The maximum Gasteiger partial charge on any atom is -0.00556 e. The number of benzene rings is 1. The highest BCUT2D eigenvalue weighted by molar-refractivity contribution is 5.23. The number of allylic oxidation sites excluding steroid dienone is 2. The predicted molar refractivity (Wildman–Crippen MR) is 49.3 cm³/mol. The molecule has 0 unspecified atom stereocenters. The molecule has 0 heterocycles. The van der Waals surface area contributed by atoms with Crippen LogP contribution in [0.25, 0.3) is 0 Å². The van der Waals surface area contributed by atoms with Gasteiger partial charge in [-0.05, 0) is 25.3 Å². The standard InChI is InChI=1S/C11H13/c1-2-3-5-8-11-9-6-4-7-10-11/h2-4,6-10H,5H2,1H3/b3-2+. The van der Waals surface area contributed by atoms with Gasteiger partial charge in [0, 0.05) is 0 Å². The van der Waals surface area contributed by atoms with Crippen molar-refractivity contribution in [2.24, 2.45) is 0 Å². The Morgan fingerprint density at radius 2 is 1.91 bits per heavy atom. The fourth-order valence-corrected chi connectivity index (χ4v) is 0.929. The molecular weight excluding hydrogens is 132 g/mol. The van der Waals surface area contributed by atoms with Crippen molar-refractivity contribution in [2.75, 3.05) is 0 Å². The molecule has 1 aromatic rings. The summed E-state index contributed by atoms with van der Waals surface area (Å²) in [6.07, 6.45) is 7.45. The number of hydrogen-bond acceptors (Lipinski definition) is 0. The lowest BCUT2D eigenvalue weighted by atomic mass is 10.1. The van der Waals surface area contributed by atoms with E-state index in [-0.39, 0.29) is 0 Å². The highest BCUT2D eigenvalue weighted by Gasteiger charge is 1.86. The van der Waals surface area contributed by atoms with Gasteiger partial charge in [0.05, 0.1) is 0 Å². The van der Waals surface area contributed by atoms with Gasteiger partial charge in [0.25, 0.3) is 0 Å². The molecule has 1 rings (SSSR count). The molecule has 0 N–H and O–H groups in total. The maximum atomic E-state index is 2.21. The monoisotopic (exact) mass is 145 g/mol. The molecule has 0 aliphatic carbocycles. The third kappa shape index (κ3) is 3.03. The second kappa shape index (κ2) is 4.73. The summed E-state index contributed by atoms with van der Waals surface area (Å²) in [5.41, 5.74) is 1.30. The van der Waals surface area contributed by atoms with Gasteiger partial charge in [0.15, 0.2) is 0 Å². The molecule has 0 atom stereocenters. The van der Waals surface area contributed by atoms with Crippen molar-refractivity contribution in [1.29, 1.82) is 0 Å². The zero-order valence-electron chi connectivity index (χ0n) is 6.83. The van der Waals surface area contributed by atoms with E-state index in [1.54, 1.807) is 0 Å². The van der Waals surface area contributed by atoms with Gasteiger partial charge in [0.1, 0.15) is 0 Å². The molecule has 0 aromatic heterocycles. The molecule has 0 fully saturated rings. The summed E-state index contributed by atoms with van der Waals surface area (Å²) in [6.45, 7) is 2.04. The summed E-state index contributed by atoms with van der Waals surface area (Å²) in [5.74, 6) is 0. The van der Waals surface area contributed by atoms with Crippen molar-refractivity contribution in [3.63, 3.8) is 0 Å². The quantitative estimate of drug-likeness (QED) is 0.573. The summed E-state index contributed by atoms with van der Waals surface area (Å²) in [4.78, 5) is 0. The Bertz CT molecular complexity index is 209. The van der Waals surface area contributed by atoms with Crippen molar-refractivity contribution in [3.8, 4) is 0 Å². The predicted octanol–water partition coefficient (Wildman–Crippen LogP) is 3.21. The molecule has 0 nitrogen and oxygen atoms in total. The van der Waals surface area contributed by atoms with Crippen molar-refractivity contribution < 1.29 is 0 Å². The molecule has 0 heteroatoms. The molecule has 57 valence electrons. The lowest BCUT2D eigenvalue weighted by Gasteiger charge is -1.94. The molecule has 0 spiro atoms. The highest BCUT2D eigenvalue weighted by Crippen LogP contribution is 2.04. The van der Waals surface area contributed by atoms with Crippen LogP contribution in [-0.2, 0) is 0 Å². The van der Waals surface area contributed by atoms with Gasteiger partial charge in [0.2, 0.25) is 0 Å². The van der Waals surface area contributed by atoms with Gasteiger partial charge in [-0.15, -0.1) is 0 Å². The smallest absolute Gasteiger partial charge is 0.00556 e. The molecule has 11 heavy (non-hydrogen) atoms. The molecule has 0 amide bonds. The molecule has 0 aliphatic heterocycles. The SMILES string of the molecule is C/C=C/C[CH]c1ccccc1. The van der Waals surface area contributed by atoms with E-state index in [0.29, 0.717) is 0 Å². The minimum Gasteiger partial charge on any atom is -0.0916 e. The van der Waals surface area contributed by atoms with Crippen LogP contribution >= 0.6 is 0 Å². The fraction of sp³-hybridized carbons (Fsp3) is 0.182. The molecule has 0 saturated heterocycles. The summed E-state index contributed by atoms with van der Waals surface area (Å²) in [5, 5.41) is 0. The molecule has 0 saturated carbocycles. The van der Waals surface area contributed by atoms with Crippen molar-refractivity contribution in [1.82, 2.24) is 0 Å². The Kier molecular flexibility index (Phi) is 3.46. The van der Waals surface area contributed by atoms with E-state index in [4.69, 9.17) is 0 Å². The average Bonchev–Trinajstić information content (AvgIpc) is 2.07. The molecule has 0 aliphatic rings. The van der Waals surface area contributed by atoms with E-state index in [9.17, 15) is 0 Å². The molecule has 1 aromatic carbocycles. The van der Waals surface area contributed by atoms with Crippen molar-refractivity contribution in [2.45, 2.75) is 13.3 Å². The maximum absolute atomic E-state index is 2.21. The minimum absolute atomic E-state index is 1.03. The van der Waals surface area contributed by atoms with Crippen molar-refractivity contribution >= 4 is 0 Å². The van der Waals surface area contributed by atoms with Gasteiger partial charge in [-0.25, -0.2) is 0 Å². The lowest BCUT2D eigenvalue weighted by molar-refractivity contribution is 1.24. The van der Waals surface area contributed by atoms with Crippen LogP contribution in [0.5, 0.6) is 0 Å². The third-order valence-electron chi connectivity index (χ3n) is 1.52. The first-order chi connectivity index (χ1) is 5.43. The first kappa shape index (κ1) is 8.06. The summed E-state index contributed by atoms with van der Waals surface area (Å²) < 4.78 is 0. The number of hydrogen-bond donors (Lipinski definition) is 0. The summed E-state index contributed by atoms with van der Waals surface area (Å²) in [7, 11) is 0. The lowest BCUT2D eigenvalue weighted by Crippen LogP contribution is -1.77. The zero-order valence-corrected chi connectivity index (χ0v) is 6.83. The molecule has 0 bridgehead atoms. The number of rotatable bonds is 3. The third-order valence-corrected chi connectivity index (χ3v) is 1.52. The minimum atomic E-state index is 1.03. The van der Waals surface area contributed by atoms with E-state index in [2.05, 4.69) is 42.8 Å². The van der Waals surface area contributed by atoms with Gasteiger partial charge in [-0.1, -0.05) is 42.5 Å². The van der Waals surface area contributed by atoms with Gasteiger partial charge in [-0.3, -0.25) is 0 Å². The van der Waals surface area contributed by atoms with Crippen LogP contribution < -0.4 is 0 Å². The van der Waals surface area contributed by atoms with E-state index < -0.39 is 0 Å². The molecule has 1 radical (unpaired) electrons. The van der Waals surface area contributed by atoms with Crippen LogP contribution in [0.2, 0.25) is 0 Å². The topological polar surface area (TPSA) is 0 Å². The van der Waals surface area contributed by atoms with E-state index in [1.807, 2.05) is 13.0 Å². The van der Waals surface area contributed by atoms with E-state index in [0.717, 1.165) is 6.42 Å². The van der Waals surface area contributed by atoms with E-state index >= 15 is 0 Å². The van der Waals surface area contributed by atoms with Gasteiger partial charge < -0.3 is 0 Å². The second-order valence-electron chi connectivity index (χ2n) is 2.42. The zero-order chi connectivity index (χ0) is 7.94. The van der Waals surface area contributed by atoms with Crippen LogP contribution in [0, 0.1) is 6.42 Å². The Balaban J connectivity index is 2.39. The Hall–Kier alpha value is -1.04. The Morgan fingerprint density at radius 1 is 1.18 bits per heavy atom. The van der Waals surface area contributed by atoms with Gasteiger partial charge in [-0.2, -0.15) is 0 Å². The van der Waals surface area contributed by atoms with Crippen LogP contribution in [0.1, 0.15) is 18.9 Å². The van der Waals surface area contributed by atoms with Crippen LogP contribution in [0.15, 0.2) is 42.5 Å². The second-order valence-corrected chi connectivity index (χ2v) is 2.42.